The van der Waals surface area contributed by atoms with Crippen molar-refractivity contribution in [3.8, 4) is 0 Å². The number of rotatable bonds is 5. The minimum absolute atomic E-state index is 0.0114. The van der Waals surface area contributed by atoms with Gasteiger partial charge in [0.2, 0.25) is 0 Å². The van der Waals surface area contributed by atoms with Crippen LogP contribution in [0, 0.1) is 0 Å². The van der Waals surface area contributed by atoms with Crippen LogP contribution in [0.2, 0.25) is 10.2 Å². The first-order chi connectivity index (χ1) is 9.94. The molecular formula is C13H13Cl2N3O2S. The molecule has 0 aliphatic carbocycles. The zero-order chi connectivity index (χ0) is 15.5. The van der Waals surface area contributed by atoms with Gasteiger partial charge in [0.25, 0.3) is 10.0 Å². The van der Waals surface area contributed by atoms with Gasteiger partial charge < -0.3 is 0 Å². The van der Waals surface area contributed by atoms with E-state index >= 15 is 0 Å². The lowest BCUT2D eigenvalue weighted by atomic mass is 10.1. The molecule has 1 aromatic carbocycles. The molecule has 0 saturated carbocycles. The SMILES string of the molecule is CCCc1ccc(S(=O)(=O)Nc2ncnc(Cl)c2Cl)cc1. The van der Waals surface area contributed by atoms with Gasteiger partial charge in [-0.05, 0) is 24.1 Å². The topological polar surface area (TPSA) is 72.0 Å². The molecule has 112 valence electrons. The Kier molecular flexibility index (Phi) is 5.03. The fourth-order valence-corrected chi connectivity index (χ4v) is 3.09. The molecule has 0 fully saturated rings. The van der Waals surface area contributed by atoms with Gasteiger partial charge in [-0.15, -0.1) is 0 Å². The average Bonchev–Trinajstić information content (AvgIpc) is 2.45. The van der Waals surface area contributed by atoms with E-state index in [2.05, 4.69) is 21.6 Å². The fraction of sp³-hybridized carbons (Fsp3) is 0.231. The predicted molar refractivity (Wildman–Crippen MR) is 83.3 cm³/mol. The summed E-state index contributed by atoms with van der Waals surface area (Å²) in [5.41, 5.74) is 1.08. The third-order valence-electron chi connectivity index (χ3n) is 2.75. The van der Waals surface area contributed by atoms with Crippen molar-refractivity contribution in [2.75, 3.05) is 4.72 Å². The van der Waals surface area contributed by atoms with Crippen molar-refractivity contribution in [2.45, 2.75) is 24.7 Å². The maximum Gasteiger partial charge on any atom is 0.263 e. The zero-order valence-corrected chi connectivity index (χ0v) is 13.5. The number of nitrogens with one attached hydrogen (secondary N) is 1. The van der Waals surface area contributed by atoms with Gasteiger partial charge >= 0.3 is 0 Å². The summed E-state index contributed by atoms with van der Waals surface area (Å²) in [6.07, 6.45) is 3.04. The van der Waals surface area contributed by atoms with E-state index in [0.717, 1.165) is 24.7 Å². The van der Waals surface area contributed by atoms with Crippen molar-refractivity contribution in [3.63, 3.8) is 0 Å². The van der Waals surface area contributed by atoms with Crippen LogP contribution in [0.4, 0.5) is 5.82 Å². The van der Waals surface area contributed by atoms with Crippen LogP contribution in [-0.2, 0) is 16.4 Å². The molecule has 0 bridgehead atoms. The minimum Gasteiger partial charge on any atom is -0.262 e. The summed E-state index contributed by atoms with van der Waals surface area (Å²) < 4.78 is 26.8. The Bertz CT molecular complexity index is 734. The number of halogens is 2. The highest BCUT2D eigenvalue weighted by molar-refractivity contribution is 7.92. The van der Waals surface area contributed by atoms with E-state index in [-0.39, 0.29) is 20.9 Å². The molecule has 0 atom stereocenters. The summed E-state index contributed by atoms with van der Waals surface area (Å²) in [5, 5.41) is -0.0481. The molecule has 0 saturated heterocycles. The van der Waals surface area contributed by atoms with E-state index in [1.807, 2.05) is 0 Å². The Labute approximate surface area is 133 Å². The number of nitrogens with zero attached hydrogens (tertiary/aromatic N) is 2. The lowest BCUT2D eigenvalue weighted by molar-refractivity contribution is 0.601. The summed E-state index contributed by atoms with van der Waals surface area (Å²) in [6.45, 7) is 2.06. The Morgan fingerprint density at radius 3 is 2.43 bits per heavy atom. The fourth-order valence-electron chi connectivity index (χ4n) is 1.73. The number of aryl methyl sites for hydroxylation is 1. The molecule has 1 heterocycles. The largest absolute Gasteiger partial charge is 0.263 e. The van der Waals surface area contributed by atoms with Crippen LogP contribution in [0.1, 0.15) is 18.9 Å². The maximum atomic E-state index is 12.3. The van der Waals surface area contributed by atoms with Gasteiger partial charge in [-0.3, -0.25) is 4.72 Å². The monoisotopic (exact) mass is 345 g/mol. The number of sulfonamides is 1. The van der Waals surface area contributed by atoms with Crippen LogP contribution in [0.5, 0.6) is 0 Å². The Morgan fingerprint density at radius 1 is 1.14 bits per heavy atom. The molecule has 0 unspecified atom stereocenters. The Balaban J connectivity index is 2.27. The molecule has 0 aliphatic heterocycles. The Morgan fingerprint density at radius 2 is 1.81 bits per heavy atom. The molecule has 21 heavy (non-hydrogen) atoms. The molecule has 0 spiro atoms. The van der Waals surface area contributed by atoms with Gasteiger partial charge in [0.1, 0.15) is 11.3 Å². The number of benzene rings is 1. The van der Waals surface area contributed by atoms with Crippen molar-refractivity contribution in [2.24, 2.45) is 0 Å². The molecule has 1 N–H and O–H groups in total. The van der Waals surface area contributed by atoms with E-state index < -0.39 is 10.0 Å². The van der Waals surface area contributed by atoms with Gasteiger partial charge in [-0.25, -0.2) is 18.4 Å². The highest BCUT2D eigenvalue weighted by Crippen LogP contribution is 2.27. The molecule has 2 aromatic rings. The highest BCUT2D eigenvalue weighted by Gasteiger charge is 2.18. The van der Waals surface area contributed by atoms with E-state index in [1.54, 1.807) is 24.3 Å². The number of anilines is 1. The average molecular weight is 346 g/mol. The molecule has 5 nitrogen and oxygen atoms in total. The van der Waals surface area contributed by atoms with Crippen molar-refractivity contribution in [3.05, 3.63) is 46.3 Å². The van der Waals surface area contributed by atoms with Crippen LogP contribution in [0.15, 0.2) is 35.5 Å². The molecule has 0 amide bonds. The Hall–Kier alpha value is -1.37. The summed E-state index contributed by atoms with van der Waals surface area (Å²) in [4.78, 5) is 7.57. The van der Waals surface area contributed by atoms with Crippen LogP contribution < -0.4 is 4.72 Å². The first-order valence-electron chi connectivity index (χ1n) is 6.22. The highest BCUT2D eigenvalue weighted by atomic mass is 35.5. The summed E-state index contributed by atoms with van der Waals surface area (Å²) >= 11 is 11.6. The van der Waals surface area contributed by atoms with Crippen molar-refractivity contribution < 1.29 is 8.42 Å². The van der Waals surface area contributed by atoms with Crippen LogP contribution in [0.3, 0.4) is 0 Å². The smallest absolute Gasteiger partial charge is 0.262 e. The van der Waals surface area contributed by atoms with Crippen molar-refractivity contribution in [1.82, 2.24) is 9.97 Å². The van der Waals surface area contributed by atoms with Gasteiger partial charge in [0, 0.05) is 0 Å². The van der Waals surface area contributed by atoms with Crippen molar-refractivity contribution >= 4 is 39.0 Å². The minimum atomic E-state index is -3.77. The van der Waals surface area contributed by atoms with Crippen LogP contribution >= 0.6 is 23.2 Å². The van der Waals surface area contributed by atoms with Crippen LogP contribution in [-0.4, -0.2) is 18.4 Å². The molecule has 8 heteroatoms. The van der Waals surface area contributed by atoms with E-state index in [9.17, 15) is 8.42 Å². The lowest BCUT2D eigenvalue weighted by Crippen LogP contribution is -2.14. The van der Waals surface area contributed by atoms with Gasteiger partial charge in [0.15, 0.2) is 11.0 Å². The third-order valence-corrected chi connectivity index (χ3v) is 4.85. The second-order valence-corrected chi connectivity index (χ2v) is 6.74. The summed E-state index contributed by atoms with van der Waals surface area (Å²) in [6, 6.07) is 6.66. The first kappa shape index (κ1) is 16.0. The maximum absolute atomic E-state index is 12.3. The molecule has 0 radical (unpaired) electrons. The number of hydrogen-bond donors (Lipinski definition) is 1. The van der Waals surface area contributed by atoms with E-state index in [0.29, 0.717) is 0 Å². The number of aromatic nitrogens is 2. The van der Waals surface area contributed by atoms with E-state index in [1.165, 1.54) is 0 Å². The summed E-state index contributed by atoms with van der Waals surface area (Å²) in [5.74, 6) is -0.0469. The molecular weight excluding hydrogens is 333 g/mol. The lowest BCUT2D eigenvalue weighted by Gasteiger charge is -2.09. The van der Waals surface area contributed by atoms with Crippen molar-refractivity contribution in [1.29, 1.82) is 0 Å². The quantitative estimate of drug-likeness (QED) is 0.841. The zero-order valence-electron chi connectivity index (χ0n) is 11.2. The second-order valence-electron chi connectivity index (χ2n) is 4.33. The first-order valence-corrected chi connectivity index (χ1v) is 8.45. The van der Waals surface area contributed by atoms with Crippen LogP contribution in [0.25, 0.3) is 0 Å². The standard InChI is InChI=1S/C13H13Cl2N3O2S/c1-2-3-9-4-6-10(7-5-9)21(19,20)18-13-11(14)12(15)16-8-17-13/h4-8H,2-3H2,1H3,(H,16,17,18). The molecule has 0 aliphatic rings. The summed E-state index contributed by atoms with van der Waals surface area (Å²) in [7, 11) is -3.77. The third kappa shape index (κ3) is 3.84. The van der Waals surface area contributed by atoms with Gasteiger partial charge in [-0.2, -0.15) is 0 Å². The molecule has 2 rings (SSSR count). The number of hydrogen-bond acceptors (Lipinski definition) is 4. The van der Waals surface area contributed by atoms with E-state index in [4.69, 9.17) is 23.2 Å². The molecule has 1 aromatic heterocycles. The van der Waals surface area contributed by atoms with Gasteiger partial charge in [-0.1, -0.05) is 48.7 Å². The predicted octanol–water partition coefficient (Wildman–Crippen LogP) is 3.54. The normalized spacial score (nSPS) is 11.4. The second kappa shape index (κ2) is 6.60. The van der Waals surface area contributed by atoms with Gasteiger partial charge in [0.05, 0.1) is 4.90 Å².